The lowest BCUT2D eigenvalue weighted by molar-refractivity contribution is 0.414. The minimum absolute atomic E-state index is 0.178. The van der Waals surface area contributed by atoms with E-state index < -0.39 is 23.1 Å². The average Bonchev–Trinajstić information content (AvgIpc) is 3.13. The van der Waals surface area contributed by atoms with E-state index in [9.17, 15) is 18.0 Å². The van der Waals surface area contributed by atoms with E-state index in [4.69, 9.17) is 4.74 Å². The zero-order valence-corrected chi connectivity index (χ0v) is 19.5. The van der Waals surface area contributed by atoms with Crippen LogP contribution in [-0.2, 0) is 13.1 Å². The highest BCUT2D eigenvalue weighted by atomic mass is 19.1. The van der Waals surface area contributed by atoms with Gasteiger partial charge in [-0.15, -0.1) is 0 Å². The molecule has 3 aromatic carbocycles. The Morgan fingerprint density at radius 1 is 0.972 bits per heavy atom. The van der Waals surface area contributed by atoms with E-state index in [1.807, 2.05) is 0 Å². The SMILES string of the molecule is COc1cccc(-n2c3c(n(Cc4c(F)cccc4F)c2=O)CN(C)C(Nc2ccccc2F)=N3)c1. The summed E-state index contributed by atoms with van der Waals surface area (Å²) in [7, 11) is 3.23. The molecule has 0 amide bonds. The van der Waals surface area contributed by atoms with Crippen LogP contribution >= 0.6 is 0 Å². The Hall–Kier alpha value is -4.47. The second kappa shape index (κ2) is 9.29. The van der Waals surface area contributed by atoms with E-state index in [1.54, 1.807) is 54.4 Å². The van der Waals surface area contributed by atoms with E-state index in [0.717, 1.165) is 12.1 Å². The normalized spacial score (nSPS) is 12.8. The van der Waals surface area contributed by atoms with Gasteiger partial charge in [-0.2, -0.15) is 4.99 Å². The van der Waals surface area contributed by atoms with Gasteiger partial charge in [0.2, 0.25) is 5.96 Å². The smallest absolute Gasteiger partial charge is 0.335 e. The number of guanidine groups is 1. The van der Waals surface area contributed by atoms with Gasteiger partial charge in [0.05, 0.1) is 37.3 Å². The molecule has 1 N–H and O–H groups in total. The van der Waals surface area contributed by atoms with Crippen LogP contribution in [0.3, 0.4) is 0 Å². The third-order valence-corrected chi connectivity index (χ3v) is 5.99. The first-order valence-corrected chi connectivity index (χ1v) is 11.1. The molecule has 36 heavy (non-hydrogen) atoms. The Morgan fingerprint density at radius 3 is 2.39 bits per heavy atom. The number of fused-ring (bicyclic) bond motifs is 1. The summed E-state index contributed by atoms with van der Waals surface area (Å²) in [6.45, 7) is -0.145. The number of benzene rings is 3. The standard InChI is InChI=1S/C26H22F3N5O2/c1-32-15-23-24(31-25(32)30-22-12-4-3-9-21(22)29)34(16-7-5-8-17(13-16)36-2)26(35)33(23)14-18-19(27)10-6-11-20(18)28/h3-13H,14-15H2,1-2H3,(H,30,31). The summed E-state index contributed by atoms with van der Waals surface area (Å²) in [6.07, 6.45) is 0. The van der Waals surface area contributed by atoms with E-state index in [0.29, 0.717) is 23.1 Å². The van der Waals surface area contributed by atoms with Crippen molar-refractivity contribution in [3.05, 3.63) is 106 Å². The first-order valence-electron chi connectivity index (χ1n) is 11.1. The number of aromatic nitrogens is 2. The van der Waals surface area contributed by atoms with Crippen molar-refractivity contribution in [3.63, 3.8) is 0 Å². The number of aliphatic imine (C=N–C) groups is 1. The molecule has 0 saturated carbocycles. The van der Waals surface area contributed by atoms with Gasteiger partial charge in [0.25, 0.3) is 0 Å². The first kappa shape index (κ1) is 23.3. The van der Waals surface area contributed by atoms with E-state index >= 15 is 0 Å². The number of hydrogen-bond acceptors (Lipinski definition) is 5. The Balaban J connectivity index is 1.69. The lowest BCUT2D eigenvalue weighted by Crippen LogP contribution is -2.36. The van der Waals surface area contributed by atoms with Crippen LogP contribution in [0.5, 0.6) is 5.75 Å². The maximum Gasteiger partial charge on any atom is 0.335 e. The van der Waals surface area contributed by atoms with Crippen molar-refractivity contribution in [1.29, 1.82) is 0 Å². The molecule has 7 nitrogen and oxygen atoms in total. The van der Waals surface area contributed by atoms with Crippen molar-refractivity contribution < 1.29 is 17.9 Å². The number of hydrogen-bond donors (Lipinski definition) is 1. The van der Waals surface area contributed by atoms with E-state index in [-0.39, 0.29) is 30.2 Å². The molecule has 0 atom stereocenters. The van der Waals surface area contributed by atoms with Crippen LogP contribution in [0.15, 0.2) is 76.5 Å². The summed E-state index contributed by atoms with van der Waals surface area (Å²) < 4.78 is 51.2. The van der Waals surface area contributed by atoms with Crippen LogP contribution in [-0.4, -0.2) is 34.2 Å². The summed E-state index contributed by atoms with van der Waals surface area (Å²) in [5, 5.41) is 2.97. The fraction of sp³-hybridized carbons (Fsp3) is 0.154. The predicted molar refractivity (Wildman–Crippen MR) is 131 cm³/mol. The summed E-state index contributed by atoms with van der Waals surface area (Å²) in [4.78, 5) is 20.0. The Morgan fingerprint density at radius 2 is 1.67 bits per heavy atom. The molecule has 0 spiro atoms. The van der Waals surface area contributed by atoms with E-state index in [1.165, 1.54) is 28.4 Å². The van der Waals surface area contributed by atoms with Crippen molar-refractivity contribution in [1.82, 2.24) is 14.0 Å². The Bertz CT molecular complexity index is 1520. The zero-order chi connectivity index (χ0) is 25.4. The average molecular weight is 493 g/mol. The van der Waals surface area contributed by atoms with Crippen LogP contribution in [0.2, 0.25) is 0 Å². The van der Waals surface area contributed by atoms with Gasteiger partial charge in [-0.25, -0.2) is 22.5 Å². The number of anilines is 1. The third kappa shape index (κ3) is 4.10. The Labute approximate surface area is 204 Å². The molecule has 184 valence electrons. The Kier molecular flexibility index (Phi) is 6.01. The van der Waals surface area contributed by atoms with Crippen molar-refractivity contribution in [2.24, 2.45) is 4.99 Å². The molecule has 0 fully saturated rings. The molecule has 0 unspecified atom stereocenters. The molecule has 0 saturated heterocycles. The number of nitrogens with one attached hydrogen (secondary N) is 1. The molecule has 10 heteroatoms. The van der Waals surface area contributed by atoms with Crippen molar-refractivity contribution in [3.8, 4) is 11.4 Å². The minimum atomic E-state index is -0.751. The molecule has 1 aliphatic heterocycles. The van der Waals surface area contributed by atoms with Crippen LogP contribution < -0.4 is 15.7 Å². The molecule has 0 bridgehead atoms. The fourth-order valence-electron chi connectivity index (χ4n) is 4.13. The monoisotopic (exact) mass is 493 g/mol. The topological polar surface area (TPSA) is 63.8 Å². The van der Waals surface area contributed by atoms with Gasteiger partial charge in [0, 0.05) is 18.7 Å². The third-order valence-electron chi connectivity index (χ3n) is 5.99. The molecule has 1 aromatic heterocycles. The number of nitrogens with zero attached hydrogens (tertiary/aromatic N) is 4. The number of halogens is 3. The van der Waals surface area contributed by atoms with Crippen molar-refractivity contribution >= 4 is 17.5 Å². The molecular formula is C26H22F3N5O2. The molecule has 0 aliphatic carbocycles. The summed E-state index contributed by atoms with van der Waals surface area (Å²) >= 11 is 0. The lowest BCUT2D eigenvalue weighted by atomic mass is 10.2. The van der Waals surface area contributed by atoms with Gasteiger partial charge in [0.1, 0.15) is 23.2 Å². The van der Waals surface area contributed by atoms with Gasteiger partial charge in [0.15, 0.2) is 5.82 Å². The van der Waals surface area contributed by atoms with Gasteiger partial charge >= 0.3 is 5.69 Å². The zero-order valence-electron chi connectivity index (χ0n) is 19.5. The lowest BCUT2D eigenvalue weighted by Gasteiger charge is -2.27. The molecule has 4 aromatic rings. The van der Waals surface area contributed by atoms with Crippen LogP contribution in [0.4, 0.5) is 24.7 Å². The molecule has 5 rings (SSSR count). The van der Waals surface area contributed by atoms with Crippen LogP contribution in [0.1, 0.15) is 11.3 Å². The minimum Gasteiger partial charge on any atom is -0.497 e. The largest absolute Gasteiger partial charge is 0.497 e. The van der Waals surface area contributed by atoms with Crippen LogP contribution in [0.25, 0.3) is 5.69 Å². The van der Waals surface area contributed by atoms with Gasteiger partial charge in [-0.3, -0.25) is 4.57 Å². The second-order valence-electron chi connectivity index (χ2n) is 8.27. The molecule has 2 heterocycles. The fourth-order valence-corrected chi connectivity index (χ4v) is 4.13. The molecule has 0 radical (unpaired) electrons. The maximum absolute atomic E-state index is 14.5. The first-order chi connectivity index (χ1) is 17.4. The molecular weight excluding hydrogens is 471 g/mol. The predicted octanol–water partition coefficient (Wildman–Crippen LogP) is 4.66. The van der Waals surface area contributed by atoms with Gasteiger partial charge < -0.3 is 15.0 Å². The number of rotatable bonds is 5. The van der Waals surface area contributed by atoms with Gasteiger partial charge in [-0.1, -0.05) is 24.3 Å². The summed E-state index contributed by atoms with van der Waals surface area (Å²) in [5.74, 6) is -0.876. The highest BCUT2D eigenvalue weighted by Crippen LogP contribution is 2.30. The van der Waals surface area contributed by atoms with E-state index in [2.05, 4.69) is 10.3 Å². The molecule has 1 aliphatic rings. The summed E-state index contributed by atoms with van der Waals surface area (Å²) in [6, 6.07) is 16.5. The van der Waals surface area contributed by atoms with Crippen molar-refractivity contribution in [2.75, 3.05) is 19.5 Å². The number of imidazole rings is 1. The highest BCUT2D eigenvalue weighted by Gasteiger charge is 2.29. The van der Waals surface area contributed by atoms with Crippen LogP contribution in [0, 0.1) is 17.5 Å². The number of methoxy groups -OCH3 is 1. The number of ether oxygens (including phenoxy) is 1. The number of para-hydroxylation sites is 1. The van der Waals surface area contributed by atoms with Gasteiger partial charge in [-0.05, 0) is 36.4 Å². The quantitative estimate of drug-likeness (QED) is 0.439. The summed E-state index contributed by atoms with van der Waals surface area (Å²) in [5.41, 5.74) is 0.371. The maximum atomic E-state index is 14.5. The highest BCUT2D eigenvalue weighted by molar-refractivity contribution is 5.96. The second-order valence-corrected chi connectivity index (χ2v) is 8.27. The van der Waals surface area contributed by atoms with Crippen molar-refractivity contribution in [2.45, 2.75) is 13.1 Å².